The summed E-state index contributed by atoms with van der Waals surface area (Å²) in [7, 11) is 5.10. The Morgan fingerprint density at radius 2 is 2.00 bits per heavy atom. The molecule has 5 rings (SSSR count). The molecule has 34 heavy (non-hydrogen) atoms. The molecule has 1 saturated carbocycles. The lowest BCUT2D eigenvalue weighted by Crippen LogP contribution is -2.25. The smallest absolute Gasteiger partial charge is 0.272 e. The normalized spacial score (nSPS) is 14.1. The van der Waals surface area contributed by atoms with Crippen molar-refractivity contribution < 1.29 is 13.9 Å². The number of imidazole rings is 1. The molecule has 0 atom stereocenters. The van der Waals surface area contributed by atoms with Gasteiger partial charge in [-0.1, -0.05) is 12.8 Å². The van der Waals surface area contributed by atoms with Crippen LogP contribution in [0.15, 0.2) is 30.9 Å². The van der Waals surface area contributed by atoms with Gasteiger partial charge in [-0.05, 0) is 30.5 Å². The van der Waals surface area contributed by atoms with E-state index in [1.807, 2.05) is 11.6 Å². The van der Waals surface area contributed by atoms with Crippen LogP contribution in [0.3, 0.4) is 0 Å². The maximum Gasteiger partial charge on any atom is 0.272 e. The highest BCUT2D eigenvalue weighted by atomic mass is 19.1. The van der Waals surface area contributed by atoms with Crippen LogP contribution in [0.4, 0.5) is 4.39 Å². The number of fused-ring (bicyclic) bond motifs is 1. The minimum Gasteiger partial charge on any atom is -0.493 e. The third-order valence-electron chi connectivity index (χ3n) is 6.44. The van der Waals surface area contributed by atoms with Crippen molar-refractivity contribution >= 4 is 17.1 Å². The highest BCUT2D eigenvalue weighted by Gasteiger charge is 2.26. The molecule has 1 aliphatic rings. The zero-order valence-electron chi connectivity index (χ0n) is 19.4. The fraction of sp³-hybridized carbons (Fsp3) is 0.375. The van der Waals surface area contributed by atoms with Gasteiger partial charge in [-0.2, -0.15) is 5.10 Å². The van der Waals surface area contributed by atoms with Gasteiger partial charge in [0, 0.05) is 43.9 Å². The number of carbonyl (C=O) groups is 1. The average Bonchev–Trinajstić information content (AvgIpc) is 3.57. The summed E-state index contributed by atoms with van der Waals surface area (Å²) in [6.45, 7) is 0.0614. The molecule has 9 nitrogen and oxygen atoms in total. The molecule has 3 heterocycles. The van der Waals surface area contributed by atoms with Gasteiger partial charge in [-0.15, -0.1) is 0 Å². The van der Waals surface area contributed by atoms with E-state index in [9.17, 15) is 9.18 Å². The van der Waals surface area contributed by atoms with Gasteiger partial charge in [0.1, 0.15) is 17.7 Å². The number of methoxy groups -OCH3 is 1. The molecule has 1 aliphatic carbocycles. The third kappa shape index (κ3) is 3.89. The molecule has 176 valence electrons. The van der Waals surface area contributed by atoms with Crippen LogP contribution in [0.1, 0.15) is 53.5 Å². The molecular weight excluding hydrogens is 437 g/mol. The van der Waals surface area contributed by atoms with Gasteiger partial charge in [0.15, 0.2) is 22.9 Å². The SMILES string of the molecule is COc1c(F)cc(-c2cnn(C)c2)cc1CNC(=O)c1ncnc2nc(C3CCCC3)n(C)c12. The first kappa shape index (κ1) is 22.0. The van der Waals surface area contributed by atoms with E-state index in [0.717, 1.165) is 24.2 Å². The zero-order chi connectivity index (χ0) is 23.8. The van der Waals surface area contributed by atoms with Gasteiger partial charge in [0.2, 0.25) is 0 Å². The van der Waals surface area contributed by atoms with Crippen LogP contribution in [-0.4, -0.2) is 42.3 Å². The maximum absolute atomic E-state index is 14.8. The quantitative estimate of drug-likeness (QED) is 0.470. The van der Waals surface area contributed by atoms with Crippen LogP contribution >= 0.6 is 0 Å². The largest absolute Gasteiger partial charge is 0.493 e. The van der Waals surface area contributed by atoms with Gasteiger partial charge in [0.05, 0.1) is 13.3 Å². The number of ether oxygens (including phenoxy) is 1. The van der Waals surface area contributed by atoms with E-state index < -0.39 is 5.82 Å². The predicted molar refractivity (Wildman–Crippen MR) is 124 cm³/mol. The van der Waals surface area contributed by atoms with E-state index in [1.165, 1.54) is 32.3 Å². The fourth-order valence-corrected chi connectivity index (χ4v) is 4.78. The molecule has 0 aliphatic heterocycles. The van der Waals surface area contributed by atoms with Crippen molar-refractivity contribution in [2.24, 2.45) is 14.1 Å². The lowest BCUT2D eigenvalue weighted by atomic mass is 10.0. The molecule has 1 N–H and O–H groups in total. The maximum atomic E-state index is 14.8. The number of carbonyl (C=O) groups excluding carboxylic acids is 1. The molecule has 3 aromatic heterocycles. The number of hydrogen-bond donors (Lipinski definition) is 1. The molecule has 1 aromatic carbocycles. The summed E-state index contributed by atoms with van der Waals surface area (Å²) in [6.07, 6.45) is 9.35. The first-order chi connectivity index (χ1) is 16.5. The second kappa shape index (κ2) is 8.85. The molecule has 1 fully saturated rings. The Kier molecular flexibility index (Phi) is 5.72. The minimum atomic E-state index is -0.509. The number of rotatable bonds is 6. The van der Waals surface area contributed by atoms with Crippen LogP contribution in [0.25, 0.3) is 22.3 Å². The topological polar surface area (TPSA) is 99.8 Å². The highest BCUT2D eigenvalue weighted by molar-refractivity contribution is 6.02. The molecular formula is C24H26FN7O2. The molecule has 0 unspecified atom stereocenters. The van der Waals surface area contributed by atoms with E-state index >= 15 is 0 Å². The molecule has 0 saturated heterocycles. The van der Waals surface area contributed by atoms with Crippen LogP contribution in [-0.2, 0) is 20.6 Å². The Bertz CT molecular complexity index is 1370. The monoisotopic (exact) mass is 463 g/mol. The van der Waals surface area contributed by atoms with Crippen molar-refractivity contribution in [2.75, 3.05) is 7.11 Å². The Hall–Kier alpha value is -3.82. The predicted octanol–water partition coefficient (Wildman–Crippen LogP) is 3.50. The Morgan fingerprint density at radius 3 is 2.71 bits per heavy atom. The number of aromatic nitrogens is 6. The van der Waals surface area contributed by atoms with Gasteiger partial charge in [-0.3, -0.25) is 9.48 Å². The minimum absolute atomic E-state index is 0.0614. The lowest BCUT2D eigenvalue weighted by molar-refractivity contribution is 0.0947. The zero-order valence-corrected chi connectivity index (χ0v) is 19.4. The number of nitrogens with zero attached hydrogens (tertiary/aromatic N) is 6. The summed E-state index contributed by atoms with van der Waals surface area (Å²) in [5.74, 6) is 0.505. The molecule has 10 heteroatoms. The summed E-state index contributed by atoms with van der Waals surface area (Å²) >= 11 is 0. The van der Waals surface area contributed by atoms with E-state index in [1.54, 1.807) is 30.2 Å². The van der Waals surface area contributed by atoms with Crippen molar-refractivity contribution in [1.29, 1.82) is 0 Å². The van der Waals surface area contributed by atoms with Crippen molar-refractivity contribution in [1.82, 2.24) is 34.6 Å². The summed E-state index contributed by atoms with van der Waals surface area (Å²) in [4.78, 5) is 26.4. The lowest BCUT2D eigenvalue weighted by Gasteiger charge is -2.13. The number of halogens is 1. The van der Waals surface area contributed by atoms with Crippen molar-refractivity contribution in [2.45, 2.75) is 38.1 Å². The van der Waals surface area contributed by atoms with E-state index in [2.05, 4.69) is 20.4 Å². The number of nitrogens with one attached hydrogen (secondary N) is 1. The first-order valence-electron chi connectivity index (χ1n) is 11.3. The summed E-state index contributed by atoms with van der Waals surface area (Å²) in [6, 6.07) is 3.19. The van der Waals surface area contributed by atoms with Gasteiger partial charge < -0.3 is 14.6 Å². The fourth-order valence-electron chi connectivity index (χ4n) is 4.78. The molecule has 0 radical (unpaired) electrons. The molecule has 4 aromatic rings. The van der Waals surface area contributed by atoms with Crippen LogP contribution in [0.5, 0.6) is 5.75 Å². The van der Waals surface area contributed by atoms with Gasteiger partial charge in [-0.25, -0.2) is 19.3 Å². The average molecular weight is 464 g/mol. The number of benzene rings is 1. The van der Waals surface area contributed by atoms with Crippen LogP contribution in [0.2, 0.25) is 0 Å². The standard InChI is InChI=1S/C24H26FN7O2/c1-31-12-17(11-29-31)15-8-16(21(34-3)18(25)9-15)10-26-24(33)19-20-22(28-13-27-19)30-23(32(20)2)14-6-4-5-7-14/h8-9,11-14H,4-7,10H2,1-3H3,(H,26,33). The van der Waals surface area contributed by atoms with Crippen molar-refractivity contribution in [3.63, 3.8) is 0 Å². The van der Waals surface area contributed by atoms with Crippen LogP contribution < -0.4 is 10.1 Å². The Balaban J connectivity index is 1.44. The highest BCUT2D eigenvalue weighted by Crippen LogP contribution is 2.35. The number of hydrogen-bond acceptors (Lipinski definition) is 6. The van der Waals surface area contributed by atoms with Gasteiger partial charge in [0.25, 0.3) is 5.91 Å². The van der Waals surface area contributed by atoms with E-state index in [0.29, 0.717) is 28.2 Å². The third-order valence-corrected chi connectivity index (χ3v) is 6.44. The molecule has 0 spiro atoms. The summed E-state index contributed by atoms with van der Waals surface area (Å²) in [5.41, 5.74) is 3.27. The van der Waals surface area contributed by atoms with Crippen molar-refractivity contribution in [3.8, 4) is 16.9 Å². The molecule has 0 bridgehead atoms. The second-order valence-electron chi connectivity index (χ2n) is 8.64. The van der Waals surface area contributed by atoms with E-state index in [-0.39, 0.29) is 23.9 Å². The second-order valence-corrected chi connectivity index (χ2v) is 8.64. The summed E-state index contributed by atoms with van der Waals surface area (Å²) in [5, 5.41) is 7.01. The van der Waals surface area contributed by atoms with Crippen LogP contribution in [0, 0.1) is 5.82 Å². The Labute approximate surface area is 196 Å². The summed E-state index contributed by atoms with van der Waals surface area (Å²) < 4.78 is 23.6. The number of aryl methyl sites for hydroxylation is 2. The Morgan fingerprint density at radius 1 is 1.21 bits per heavy atom. The van der Waals surface area contributed by atoms with Crippen molar-refractivity contribution in [3.05, 3.63) is 53.8 Å². The first-order valence-corrected chi connectivity index (χ1v) is 11.3. The van der Waals surface area contributed by atoms with E-state index in [4.69, 9.17) is 9.72 Å². The van der Waals surface area contributed by atoms with Gasteiger partial charge >= 0.3 is 0 Å². The number of amides is 1. The molecule has 1 amide bonds.